The topological polar surface area (TPSA) is 89.0 Å². The number of amides is 2. The number of benzene rings is 2. The highest BCUT2D eigenvalue weighted by Gasteiger charge is 2.13. The number of nitrogens with zero attached hydrogens (tertiary/aromatic N) is 1. The number of nitrogens with one attached hydrogen (secondary N) is 2. The number of carbonyl (C=O) groups is 2. The van der Waals surface area contributed by atoms with Crippen LogP contribution in [0, 0.1) is 0 Å². The zero-order valence-corrected chi connectivity index (χ0v) is 16.3. The van der Waals surface area contributed by atoms with Gasteiger partial charge in [-0.2, -0.15) is 5.10 Å². The molecule has 0 atom stereocenters. The monoisotopic (exact) mass is 383 g/mol. The lowest BCUT2D eigenvalue weighted by atomic mass is 10.1. The fraction of sp³-hybridized carbons (Fsp3) is 0.286. The Bertz CT molecular complexity index is 832. The molecule has 0 heterocycles. The fourth-order valence-electron chi connectivity index (χ4n) is 2.48. The van der Waals surface area contributed by atoms with Gasteiger partial charge >= 0.3 is 11.8 Å². The van der Waals surface area contributed by atoms with Crippen molar-refractivity contribution >= 4 is 23.7 Å². The molecule has 7 heteroatoms. The van der Waals surface area contributed by atoms with Crippen LogP contribution in [0.2, 0.25) is 0 Å². The summed E-state index contributed by atoms with van der Waals surface area (Å²) in [6.07, 6.45) is 4.62. The maximum absolute atomic E-state index is 12.0. The van der Waals surface area contributed by atoms with E-state index in [9.17, 15) is 9.59 Å². The second kappa shape index (κ2) is 10.7. The van der Waals surface area contributed by atoms with Gasteiger partial charge < -0.3 is 14.8 Å². The summed E-state index contributed by atoms with van der Waals surface area (Å²) in [6, 6.07) is 12.6. The van der Waals surface area contributed by atoms with E-state index < -0.39 is 11.8 Å². The van der Waals surface area contributed by atoms with Crippen molar-refractivity contribution in [1.29, 1.82) is 0 Å². The van der Waals surface area contributed by atoms with Gasteiger partial charge in [0.05, 0.1) is 20.4 Å². The summed E-state index contributed by atoms with van der Waals surface area (Å²) in [6.45, 7) is 2.14. The van der Waals surface area contributed by atoms with E-state index in [1.807, 2.05) is 12.1 Å². The number of aryl methyl sites for hydroxylation is 1. The number of hydrogen-bond donors (Lipinski definition) is 2. The Morgan fingerprint density at radius 3 is 2.43 bits per heavy atom. The Hall–Kier alpha value is -3.35. The molecule has 0 aliphatic heterocycles. The van der Waals surface area contributed by atoms with Crippen molar-refractivity contribution in [3.63, 3.8) is 0 Å². The van der Waals surface area contributed by atoms with Gasteiger partial charge in [-0.1, -0.05) is 25.5 Å². The van der Waals surface area contributed by atoms with Crippen molar-refractivity contribution in [3.05, 3.63) is 53.6 Å². The summed E-state index contributed by atoms with van der Waals surface area (Å²) in [5.41, 5.74) is 4.55. The van der Waals surface area contributed by atoms with Gasteiger partial charge in [-0.25, -0.2) is 5.43 Å². The van der Waals surface area contributed by atoms with Gasteiger partial charge in [-0.05, 0) is 48.7 Å². The Labute approximate surface area is 164 Å². The number of anilines is 1. The predicted molar refractivity (Wildman–Crippen MR) is 109 cm³/mol. The van der Waals surface area contributed by atoms with Crippen LogP contribution in [0.3, 0.4) is 0 Å². The van der Waals surface area contributed by atoms with Crippen LogP contribution in [0.4, 0.5) is 5.69 Å². The van der Waals surface area contributed by atoms with Crippen LogP contribution >= 0.6 is 0 Å². The van der Waals surface area contributed by atoms with E-state index in [2.05, 4.69) is 22.8 Å². The van der Waals surface area contributed by atoms with Gasteiger partial charge in [0.2, 0.25) is 0 Å². The average Bonchev–Trinajstić information content (AvgIpc) is 2.72. The Balaban J connectivity index is 1.92. The maximum atomic E-state index is 12.0. The first kappa shape index (κ1) is 21.0. The van der Waals surface area contributed by atoms with Gasteiger partial charge in [0.15, 0.2) is 0 Å². The van der Waals surface area contributed by atoms with Gasteiger partial charge in [-0.3, -0.25) is 9.59 Å². The SMILES string of the molecule is CCCCc1ccc(NC(=O)C(=O)N/N=C\c2cc(OC)ccc2OC)cc1. The number of hydrazone groups is 1. The molecule has 2 aromatic carbocycles. The molecule has 2 aromatic rings. The van der Waals surface area contributed by atoms with Crippen molar-refractivity contribution in [1.82, 2.24) is 5.43 Å². The van der Waals surface area contributed by atoms with E-state index in [-0.39, 0.29) is 0 Å². The van der Waals surface area contributed by atoms with E-state index in [0.29, 0.717) is 22.7 Å². The molecule has 28 heavy (non-hydrogen) atoms. The second-order valence-electron chi connectivity index (χ2n) is 6.06. The zero-order valence-electron chi connectivity index (χ0n) is 16.3. The Morgan fingerprint density at radius 2 is 1.79 bits per heavy atom. The number of unbranched alkanes of at least 4 members (excludes halogenated alkanes) is 1. The normalized spacial score (nSPS) is 10.5. The number of carbonyl (C=O) groups excluding carboxylic acids is 2. The van der Waals surface area contributed by atoms with E-state index >= 15 is 0 Å². The van der Waals surface area contributed by atoms with Gasteiger partial charge in [0.25, 0.3) is 0 Å². The highest BCUT2D eigenvalue weighted by Crippen LogP contribution is 2.22. The van der Waals surface area contributed by atoms with Crippen LogP contribution in [0.15, 0.2) is 47.6 Å². The number of methoxy groups -OCH3 is 2. The molecule has 0 bridgehead atoms. The summed E-state index contributed by atoms with van der Waals surface area (Å²) < 4.78 is 10.4. The first-order chi connectivity index (χ1) is 13.6. The minimum Gasteiger partial charge on any atom is -0.497 e. The summed E-state index contributed by atoms with van der Waals surface area (Å²) in [4.78, 5) is 23.9. The van der Waals surface area contributed by atoms with E-state index in [4.69, 9.17) is 9.47 Å². The number of rotatable bonds is 8. The molecule has 2 rings (SSSR count). The molecule has 0 aliphatic rings. The van der Waals surface area contributed by atoms with Crippen LogP contribution in [-0.4, -0.2) is 32.2 Å². The second-order valence-corrected chi connectivity index (χ2v) is 6.06. The van der Waals surface area contributed by atoms with Crippen LogP contribution < -0.4 is 20.2 Å². The average molecular weight is 383 g/mol. The molecule has 0 aliphatic carbocycles. The molecule has 2 amide bonds. The molecule has 7 nitrogen and oxygen atoms in total. The smallest absolute Gasteiger partial charge is 0.329 e. The largest absolute Gasteiger partial charge is 0.497 e. The zero-order chi connectivity index (χ0) is 20.4. The minimum atomic E-state index is -0.867. The predicted octanol–water partition coefficient (Wildman–Crippen LogP) is 3.14. The molecule has 0 saturated heterocycles. The highest BCUT2D eigenvalue weighted by atomic mass is 16.5. The van der Waals surface area contributed by atoms with E-state index in [1.165, 1.54) is 18.9 Å². The summed E-state index contributed by atoms with van der Waals surface area (Å²) in [7, 11) is 3.07. The lowest BCUT2D eigenvalue weighted by Gasteiger charge is -2.07. The van der Waals surface area contributed by atoms with Crippen molar-refractivity contribution < 1.29 is 19.1 Å². The lowest BCUT2D eigenvalue weighted by Crippen LogP contribution is -2.32. The van der Waals surface area contributed by atoms with Crippen molar-refractivity contribution in [3.8, 4) is 11.5 Å². The molecule has 0 radical (unpaired) electrons. The van der Waals surface area contributed by atoms with Gasteiger partial charge in [-0.15, -0.1) is 0 Å². The van der Waals surface area contributed by atoms with Crippen LogP contribution in [-0.2, 0) is 16.0 Å². The molecule has 0 spiro atoms. The molecule has 148 valence electrons. The third-order valence-corrected chi connectivity index (χ3v) is 4.04. The summed E-state index contributed by atoms with van der Waals surface area (Å²) in [5, 5.41) is 6.36. The molecule has 0 fully saturated rings. The summed E-state index contributed by atoms with van der Waals surface area (Å²) in [5.74, 6) is -0.482. The van der Waals surface area contributed by atoms with Crippen molar-refractivity contribution in [2.24, 2.45) is 5.10 Å². The van der Waals surface area contributed by atoms with Crippen molar-refractivity contribution in [2.75, 3.05) is 19.5 Å². The molecule has 0 saturated carbocycles. The fourth-order valence-corrected chi connectivity index (χ4v) is 2.48. The Kier molecular flexibility index (Phi) is 8.02. The minimum absolute atomic E-state index is 0.554. The van der Waals surface area contributed by atoms with E-state index in [0.717, 1.165) is 19.3 Å². The lowest BCUT2D eigenvalue weighted by molar-refractivity contribution is -0.136. The first-order valence-electron chi connectivity index (χ1n) is 9.02. The Morgan fingerprint density at radius 1 is 1.04 bits per heavy atom. The molecule has 0 aromatic heterocycles. The third-order valence-electron chi connectivity index (χ3n) is 4.04. The number of ether oxygens (including phenoxy) is 2. The van der Waals surface area contributed by atoms with Gasteiger partial charge in [0, 0.05) is 11.3 Å². The molecule has 0 unspecified atom stereocenters. The van der Waals surface area contributed by atoms with Crippen LogP contribution in [0.1, 0.15) is 30.9 Å². The van der Waals surface area contributed by atoms with E-state index in [1.54, 1.807) is 37.4 Å². The standard InChI is InChI=1S/C21H25N3O4/c1-4-5-6-15-7-9-17(10-8-15)23-20(25)21(26)24-22-14-16-13-18(27-2)11-12-19(16)28-3/h7-14H,4-6H2,1-3H3,(H,23,25)(H,24,26)/b22-14-. The third kappa shape index (κ3) is 6.12. The quantitative estimate of drug-likeness (QED) is 0.416. The highest BCUT2D eigenvalue weighted by molar-refractivity contribution is 6.39. The number of hydrogen-bond acceptors (Lipinski definition) is 5. The van der Waals surface area contributed by atoms with Crippen LogP contribution in [0.5, 0.6) is 11.5 Å². The maximum Gasteiger partial charge on any atom is 0.329 e. The summed E-state index contributed by atoms with van der Waals surface area (Å²) >= 11 is 0. The molecular formula is C21H25N3O4. The van der Waals surface area contributed by atoms with Gasteiger partial charge in [0.1, 0.15) is 11.5 Å². The molecular weight excluding hydrogens is 358 g/mol. The van der Waals surface area contributed by atoms with Crippen molar-refractivity contribution in [2.45, 2.75) is 26.2 Å². The van der Waals surface area contributed by atoms with Crippen LogP contribution in [0.25, 0.3) is 0 Å². The molecule has 2 N–H and O–H groups in total. The first-order valence-corrected chi connectivity index (χ1v) is 9.02.